The molecule has 116 valence electrons. The van der Waals surface area contributed by atoms with Crippen molar-refractivity contribution in [3.63, 3.8) is 0 Å². The summed E-state index contributed by atoms with van der Waals surface area (Å²) in [6.07, 6.45) is -4.73. The predicted molar refractivity (Wildman–Crippen MR) is 67.0 cm³/mol. The second kappa shape index (κ2) is 5.98. The average Bonchev–Trinajstić information content (AvgIpc) is 2.88. The van der Waals surface area contributed by atoms with Gasteiger partial charge in [0, 0.05) is 12.2 Å². The molecule has 1 aliphatic rings. The first-order chi connectivity index (χ1) is 9.81. The van der Waals surface area contributed by atoms with E-state index in [1.165, 1.54) is 0 Å². The minimum atomic E-state index is -4.82. The first kappa shape index (κ1) is 15.7. The van der Waals surface area contributed by atoms with Gasteiger partial charge in [-0.05, 0) is 31.0 Å². The molecular weight excluding hydrogens is 292 g/mol. The molecule has 21 heavy (non-hydrogen) atoms. The zero-order chi connectivity index (χ0) is 15.6. The molecule has 1 heterocycles. The lowest BCUT2D eigenvalue weighted by atomic mass is 10.1. The highest BCUT2D eigenvalue weighted by Crippen LogP contribution is 2.33. The Hall–Kier alpha value is -1.67. The maximum atomic E-state index is 13.1. The van der Waals surface area contributed by atoms with Crippen molar-refractivity contribution in [1.82, 2.24) is 0 Å². The van der Waals surface area contributed by atoms with Crippen LogP contribution in [0.25, 0.3) is 0 Å². The van der Waals surface area contributed by atoms with Crippen LogP contribution in [0, 0.1) is 5.82 Å². The van der Waals surface area contributed by atoms with Crippen LogP contribution in [0.2, 0.25) is 0 Å². The number of nitrogens with one attached hydrogen (secondary N) is 1. The number of alkyl halides is 3. The van der Waals surface area contributed by atoms with Crippen LogP contribution >= 0.6 is 0 Å². The Morgan fingerprint density at radius 2 is 2.10 bits per heavy atom. The molecule has 1 aliphatic heterocycles. The summed E-state index contributed by atoms with van der Waals surface area (Å²) in [5, 5.41) is 2.30. The summed E-state index contributed by atoms with van der Waals surface area (Å²) in [5.74, 6) is -1.95. The fourth-order valence-electron chi connectivity index (χ4n) is 2.11. The topological polar surface area (TPSA) is 64.4 Å². The first-order valence-corrected chi connectivity index (χ1v) is 6.34. The fourth-order valence-corrected chi connectivity index (χ4v) is 2.11. The van der Waals surface area contributed by atoms with Crippen LogP contribution < -0.4 is 11.1 Å². The molecule has 8 heteroatoms. The van der Waals surface area contributed by atoms with Crippen LogP contribution in [-0.2, 0) is 15.7 Å². The van der Waals surface area contributed by atoms with Gasteiger partial charge in [-0.15, -0.1) is 0 Å². The molecule has 0 radical (unpaired) electrons. The van der Waals surface area contributed by atoms with Crippen LogP contribution in [0.3, 0.4) is 0 Å². The minimum Gasteiger partial charge on any atom is -0.364 e. The second-order valence-electron chi connectivity index (χ2n) is 4.74. The second-order valence-corrected chi connectivity index (χ2v) is 4.74. The number of hydrogen-bond acceptors (Lipinski definition) is 3. The van der Waals surface area contributed by atoms with Crippen molar-refractivity contribution in [2.45, 2.75) is 31.2 Å². The molecule has 3 N–H and O–H groups in total. The molecule has 1 amide bonds. The number of ether oxygens (including phenoxy) is 1. The van der Waals surface area contributed by atoms with Crippen molar-refractivity contribution < 1.29 is 27.1 Å². The van der Waals surface area contributed by atoms with E-state index in [9.17, 15) is 22.4 Å². The summed E-state index contributed by atoms with van der Waals surface area (Å²) in [5.41, 5.74) is 3.86. The van der Waals surface area contributed by atoms with E-state index >= 15 is 0 Å². The molecule has 1 fully saturated rings. The van der Waals surface area contributed by atoms with Crippen molar-refractivity contribution in [1.29, 1.82) is 0 Å². The van der Waals surface area contributed by atoms with Crippen molar-refractivity contribution >= 4 is 11.6 Å². The standard InChI is InChI=1S/C13H14F4N2O2/c14-10-3-1-7(5-9(10)13(15,16)17)19-12(20)11-4-2-8(6-18)21-11/h1,3,5,8,11H,2,4,6,18H2,(H,19,20). The number of halogens is 4. The molecule has 0 saturated carbocycles. The quantitative estimate of drug-likeness (QED) is 0.842. The molecule has 4 nitrogen and oxygen atoms in total. The number of carbonyl (C=O) groups is 1. The first-order valence-electron chi connectivity index (χ1n) is 6.34. The molecular formula is C13H14F4N2O2. The zero-order valence-electron chi connectivity index (χ0n) is 10.9. The van der Waals surface area contributed by atoms with Gasteiger partial charge >= 0.3 is 6.18 Å². The third-order valence-electron chi connectivity index (χ3n) is 3.20. The molecule has 1 saturated heterocycles. The summed E-state index contributed by atoms with van der Waals surface area (Å²) in [6, 6.07) is 2.29. The number of nitrogens with two attached hydrogens (primary N) is 1. The van der Waals surface area contributed by atoms with Crippen molar-refractivity contribution in [2.24, 2.45) is 5.73 Å². The van der Waals surface area contributed by atoms with Crippen molar-refractivity contribution in [2.75, 3.05) is 11.9 Å². The molecule has 0 aliphatic carbocycles. The summed E-state index contributed by atoms with van der Waals surface area (Å²) in [7, 11) is 0. The predicted octanol–water partition coefficient (Wildman–Crippen LogP) is 2.29. The van der Waals surface area contributed by atoms with Crippen LogP contribution in [0.1, 0.15) is 18.4 Å². The van der Waals surface area contributed by atoms with E-state index in [4.69, 9.17) is 10.5 Å². The summed E-state index contributed by atoms with van der Waals surface area (Å²) in [4.78, 5) is 11.9. The van der Waals surface area contributed by atoms with E-state index in [1.807, 2.05) is 0 Å². The van der Waals surface area contributed by atoms with Crippen LogP contribution in [-0.4, -0.2) is 24.7 Å². The zero-order valence-corrected chi connectivity index (χ0v) is 10.9. The van der Waals surface area contributed by atoms with Crippen LogP contribution in [0.4, 0.5) is 23.2 Å². The van der Waals surface area contributed by atoms with Crippen LogP contribution in [0.5, 0.6) is 0 Å². The van der Waals surface area contributed by atoms with Gasteiger partial charge in [0.2, 0.25) is 0 Å². The van der Waals surface area contributed by atoms with E-state index in [-0.39, 0.29) is 18.3 Å². The van der Waals surface area contributed by atoms with E-state index in [0.29, 0.717) is 25.0 Å². The number of carbonyl (C=O) groups excluding carboxylic acids is 1. The van der Waals surface area contributed by atoms with Gasteiger partial charge in [-0.2, -0.15) is 13.2 Å². The third kappa shape index (κ3) is 3.70. The van der Waals surface area contributed by atoms with Crippen molar-refractivity contribution in [3.8, 4) is 0 Å². The molecule has 0 aromatic heterocycles. The van der Waals surface area contributed by atoms with Gasteiger partial charge in [-0.25, -0.2) is 4.39 Å². The lowest BCUT2D eigenvalue weighted by Gasteiger charge is -2.14. The van der Waals surface area contributed by atoms with Gasteiger partial charge < -0.3 is 15.8 Å². The highest BCUT2D eigenvalue weighted by atomic mass is 19.4. The van der Waals surface area contributed by atoms with Crippen LogP contribution in [0.15, 0.2) is 18.2 Å². The van der Waals surface area contributed by atoms with Gasteiger partial charge in [0.25, 0.3) is 5.91 Å². The van der Waals surface area contributed by atoms with E-state index in [1.54, 1.807) is 0 Å². The largest absolute Gasteiger partial charge is 0.419 e. The molecule has 0 bridgehead atoms. The molecule has 1 aromatic carbocycles. The van der Waals surface area contributed by atoms with E-state index in [2.05, 4.69) is 5.32 Å². The Morgan fingerprint density at radius 1 is 1.38 bits per heavy atom. The summed E-state index contributed by atoms with van der Waals surface area (Å²) in [6.45, 7) is 0.276. The maximum absolute atomic E-state index is 13.1. The average molecular weight is 306 g/mol. The lowest BCUT2D eigenvalue weighted by Crippen LogP contribution is -2.29. The van der Waals surface area contributed by atoms with Gasteiger partial charge in [0.15, 0.2) is 0 Å². The third-order valence-corrected chi connectivity index (χ3v) is 3.20. The summed E-state index contributed by atoms with van der Waals surface area (Å²) < 4.78 is 56.2. The van der Waals surface area contributed by atoms with Crippen molar-refractivity contribution in [3.05, 3.63) is 29.6 Å². The maximum Gasteiger partial charge on any atom is 0.419 e. The van der Waals surface area contributed by atoms with Gasteiger partial charge in [0.1, 0.15) is 11.9 Å². The highest BCUT2D eigenvalue weighted by molar-refractivity contribution is 5.94. The summed E-state index contributed by atoms with van der Waals surface area (Å²) >= 11 is 0. The Kier molecular flexibility index (Phi) is 4.48. The van der Waals surface area contributed by atoms with E-state index < -0.39 is 29.6 Å². The number of amides is 1. The number of anilines is 1. The highest BCUT2D eigenvalue weighted by Gasteiger charge is 2.35. The normalized spacial score (nSPS) is 22.3. The Morgan fingerprint density at radius 3 is 2.67 bits per heavy atom. The number of benzene rings is 1. The molecule has 2 unspecified atom stereocenters. The molecule has 1 aromatic rings. The molecule has 0 spiro atoms. The van der Waals surface area contributed by atoms with Gasteiger partial charge in [-0.3, -0.25) is 4.79 Å². The van der Waals surface area contributed by atoms with E-state index in [0.717, 1.165) is 6.07 Å². The molecule has 2 rings (SSSR count). The SMILES string of the molecule is NCC1CCC(C(=O)Nc2ccc(F)c(C(F)(F)F)c2)O1. The fraction of sp³-hybridized carbons (Fsp3) is 0.462. The number of rotatable bonds is 3. The van der Waals surface area contributed by atoms with Gasteiger partial charge in [-0.1, -0.05) is 0 Å². The number of hydrogen-bond donors (Lipinski definition) is 2. The Labute approximate surface area is 118 Å². The smallest absolute Gasteiger partial charge is 0.364 e. The lowest BCUT2D eigenvalue weighted by molar-refractivity contribution is -0.140. The van der Waals surface area contributed by atoms with Gasteiger partial charge in [0.05, 0.1) is 11.7 Å². The Balaban J connectivity index is 2.08. The molecule has 2 atom stereocenters. The Bertz CT molecular complexity index is 533. The minimum absolute atomic E-state index is 0.131. The monoisotopic (exact) mass is 306 g/mol.